The van der Waals surface area contributed by atoms with Gasteiger partial charge in [0, 0.05) is 35.6 Å². The van der Waals surface area contributed by atoms with Gasteiger partial charge < -0.3 is 5.73 Å². The highest BCUT2D eigenvalue weighted by Gasteiger charge is 2.15. The van der Waals surface area contributed by atoms with Crippen LogP contribution in [0.15, 0.2) is 28.5 Å². The molecular formula is C13H16ClN3O2S2. The lowest BCUT2D eigenvalue weighted by Gasteiger charge is -2.08. The monoisotopic (exact) mass is 345 g/mol. The van der Waals surface area contributed by atoms with E-state index in [1.807, 2.05) is 12.3 Å². The number of nitrogens with zero attached hydrogens (tertiary/aromatic N) is 1. The summed E-state index contributed by atoms with van der Waals surface area (Å²) in [5.41, 5.74) is 7.09. The molecule has 0 amide bonds. The van der Waals surface area contributed by atoms with Gasteiger partial charge >= 0.3 is 0 Å². The first-order valence-corrected chi connectivity index (χ1v) is 9.05. The molecule has 0 aliphatic heterocycles. The largest absolute Gasteiger partial charge is 0.326 e. The molecule has 0 aliphatic carbocycles. The van der Waals surface area contributed by atoms with Crippen LogP contribution in [0.2, 0.25) is 5.02 Å². The lowest BCUT2D eigenvalue weighted by atomic mass is 10.2. The van der Waals surface area contributed by atoms with Crippen LogP contribution in [-0.2, 0) is 23.0 Å². The molecule has 21 heavy (non-hydrogen) atoms. The van der Waals surface area contributed by atoms with Crippen molar-refractivity contribution < 1.29 is 8.42 Å². The third kappa shape index (κ3) is 4.24. The third-order valence-electron chi connectivity index (χ3n) is 2.84. The van der Waals surface area contributed by atoms with Gasteiger partial charge in [0.2, 0.25) is 10.0 Å². The zero-order chi connectivity index (χ0) is 15.5. The summed E-state index contributed by atoms with van der Waals surface area (Å²) in [6.45, 7) is 2.41. The molecule has 114 valence electrons. The molecule has 0 atom stereocenters. The van der Waals surface area contributed by atoms with Crippen LogP contribution in [0.3, 0.4) is 0 Å². The fourth-order valence-corrected chi connectivity index (χ4v) is 3.82. The molecular weight excluding hydrogens is 330 g/mol. The number of halogens is 1. The van der Waals surface area contributed by atoms with Crippen LogP contribution in [0, 0.1) is 6.92 Å². The van der Waals surface area contributed by atoms with Gasteiger partial charge in [-0.2, -0.15) is 0 Å². The van der Waals surface area contributed by atoms with Crippen LogP contribution < -0.4 is 10.5 Å². The first-order chi connectivity index (χ1) is 9.92. The SMILES string of the molecule is Cc1csc(CCNS(=O)(=O)c2ccc(Cl)c(CN)c2)n1. The maximum absolute atomic E-state index is 12.2. The van der Waals surface area contributed by atoms with Crippen molar-refractivity contribution in [1.82, 2.24) is 9.71 Å². The van der Waals surface area contributed by atoms with E-state index in [9.17, 15) is 8.42 Å². The number of nitrogens with one attached hydrogen (secondary N) is 1. The lowest BCUT2D eigenvalue weighted by Crippen LogP contribution is -2.26. The van der Waals surface area contributed by atoms with Gasteiger partial charge in [-0.25, -0.2) is 18.1 Å². The minimum absolute atomic E-state index is 0.169. The topological polar surface area (TPSA) is 85.1 Å². The van der Waals surface area contributed by atoms with E-state index in [4.69, 9.17) is 17.3 Å². The number of sulfonamides is 1. The second-order valence-corrected chi connectivity index (χ2v) is 7.60. The average Bonchev–Trinajstić information content (AvgIpc) is 2.84. The molecule has 5 nitrogen and oxygen atoms in total. The summed E-state index contributed by atoms with van der Waals surface area (Å²) in [5.74, 6) is 0. The summed E-state index contributed by atoms with van der Waals surface area (Å²) in [6, 6.07) is 4.51. The van der Waals surface area contributed by atoms with Gasteiger partial charge in [0.05, 0.1) is 9.90 Å². The molecule has 2 aromatic rings. The number of thiazole rings is 1. The number of benzene rings is 1. The Hall–Kier alpha value is -0.990. The Balaban J connectivity index is 2.04. The van der Waals surface area contributed by atoms with Gasteiger partial charge in [0.1, 0.15) is 0 Å². The number of hydrogen-bond acceptors (Lipinski definition) is 5. The third-order valence-corrected chi connectivity index (χ3v) is 5.70. The normalized spacial score (nSPS) is 11.8. The van der Waals surface area contributed by atoms with Crippen molar-refractivity contribution in [2.45, 2.75) is 24.8 Å². The van der Waals surface area contributed by atoms with E-state index < -0.39 is 10.0 Å². The summed E-state index contributed by atoms with van der Waals surface area (Å²) in [6.07, 6.45) is 0.565. The predicted molar refractivity (Wildman–Crippen MR) is 85.1 cm³/mol. The molecule has 8 heteroatoms. The Bertz CT molecular complexity index is 729. The minimum atomic E-state index is -3.56. The molecule has 0 saturated heterocycles. The fraction of sp³-hybridized carbons (Fsp3) is 0.308. The van der Waals surface area contributed by atoms with Gasteiger partial charge in [-0.3, -0.25) is 0 Å². The predicted octanol–water partition coefficient (Wildman–Crippen LogP) is 2.08. The number of aryl methyl sites for hydroxylation is 1. The van der Waals surface area contributed by atoms with Crippen molar-refractivity contribution in [1.29, 1.82) is 0 Å². The molecule has 0 bridgehead atoms. The minimum Gasteiger partial charge on any atom is -0.326 e. The number of rotatable bonds is 6. The number of aromatic nitrogens is 1. The van der Waals surface area contributed by atoms with E-state index in [1.54, 1.807) is 6.07 Å². The Morgan fingerprint density at radius 1 is 1.43 bits per heavy atom. The van der Waals surface area contributed by atoms with Crippen molar-refractivity contribution in [2.24, 2.45) is 5.73 Å². The van der Waals surface area contributed by atoms with E-state index in [0.717, 1.165) is 10.7 Å². The van der Waals surface area contributed by atoms with E-state index in [-0.39, 0.29) is 11.4 Å². The Kier molecular flexibility index (Phi) is 5.34. The molecule has 0 fully saturated rings. The first-order valence-electron chi connectivity index (χ1n) is 6.31. The maximum atomic E-state index is 12.2. The maximum Gasteiger partial charge on any atom is 0.240 e. The average molecular weight is 346 g/mol. The van der Waals surface area contributed by atoms with E-state index >= 15 is 0 Å². The fourth-order valence-electron chi connectivity index (χ4n) is 1.77. The van der Waals surface area contributed by atoms with Crippen molar-refractivity contribution in [3.8, 4) is 0 Å². The molecule has 1 aromatic carbocycles. The van der Waals surface area contributed by atoms with Crippen LogP contribution in [-0.4, -0.2) is 19.9 Å². The summed E-state index contributed by atoms with van der Waals surface area (Å²) in [5, 5.41) is 3.32. The van der Waals surface area contributed by atoms with Gasteiger partial charge in [0.25, 0.3) is 0 Å². The second kappa shape index (κ2) is 6.85. The molecule has 1 aromatic heterocycles. The number of nitrogens with two attached hydrogens (primary N) is 1. The molecule has 0 spiro atoms. The molecule has 0 unspecified atom stereocenters. The first kappa shape index (κ1) is 16.4. The summed E-state index contributed by atoms with van der Waals surface area (Å²) >= 11 is 7.46. The van der Waals surface area contributed by atoms with Crippen molar-refractivity contribution in [3.63, 3.8) is 0 Å². The summed E-state index contributed by atoms with van der Waals surface area (Å²) in [7, 11) is -3.56. The highest BCUT2D eigenvalue weighted by Crippen LogP contribution is 2.20. The Labute approximate surface area is 133 Å². The van der Waals surface area contributed by atoms with Crippen LogP contribution in [0.25, 0.3) is 0 Å². The summed E-state index contributed by atoms with van der Waals surface area (Å²) < 4.78 is 26.9. The summed E-state index contributed by atoms with van der Waals surface area (Å²) in [4.78, 5) is 4.46. The number of hydrogen-bond donors (Lipinski definition) is 2. The quantitative estimate of drug-likeness (QED) is 0.839. The van der Waals surface area contributed by atoms with Gasteiger partial charge in [-0.05, 0) is 30.7 Å². The van der Waals surface area contributed by atoms with Crippen molar-refractivity contribution in [3.05, 3.63) is 44.9 Å². The van der Waals surface area contributed by atoms with Crippen LogP contribution in [0.5, 0.6) is 0 Å². The Morgan fingerprint density at radius 3 is 2.81 bits per heavy atom. The molecule has 0 radical (unpaired) electrons. The highest BCUT2D eigenvalue weighted by molar-refractivity contribution is 7.89. The van der Waals surface area contributed by atoms with E-state index in [2.05, 4.69) is 9.71 Å². The van der Waals surface area contributed by atoms with E-state index in [0.29, 0.717) is 23.6 Å². The zero-order valence-electron chi connectivity index (χ0n) is 11.5. The van der Waals surface area contributed by atoms with Crippen LogP contribution in [0.1, 0.15) is 16.3 Å². The molecule has 1 heterocycles. The molecule has 2 rings (SSSR count). The lowest BCUT2D eigenvalue weighted by molar-refractivity contribution is 0.581. The van der Waals surface area contributed by atoms with Gasteiger partial charge in [0.15, 0.2) is 0 Å². The van der Waals surface area contributed by atoms with Crippen molar-refractivity contribution >= 4 is 33.0 Å². The molecule has 0 saturated carbocycles. The standard InChI is InChI=1S/C13H16ClN3O2S2/c1-9-8-20-13(17-9)4-5-16-21(18,19)11-2-3-12(14)10(6-11)7-15/h2-3,6,8,16H,4-5,7,15H2,1H3. The van der Waals surface area contributed by atoms with Gasteiger partial charge in [-0.15, -0.1) is 11.3 Å². The van der Waals surface area contributed by atoms with Crippen LogP contribution in [0.4, 0.5) is 0 Å². The van der Waals surface area contributed by atoms with Crippen LogP contribution >= 0.6 is 22.9 Å². The van der Waals surface area contributed by atoms with Crippen molar-refractivity contribution in [2.75, 3.05) is 6.54 Å². The zero-order valence-corrected chi connectivity index (χ0v) is 13.9. The molecule has 3 N–H and O–H groups in total. The Morgan fingerprint density at radius 2 is 2.19 bits per heavy atom. The van der Waals surface area contributed by atoms with Gasteiger partial charge in [-0.1, -0.05) is 11.6 Å². The van der Waals surface area contributed by atoms with E-state index in [1.165, 1.54) is 23.5 Å². The smallest absolute Gasteiger partial charge is 0.240 e. The second-order valence-electron chi connectivity index (χ2n) is 4.49. The molecule has 0 aliphatic rings. The highest BCUT2D eigenvalue weighted by atomic mass is 35.5.